The van der Waals surface area contributed by atoms with Crippen LogP contribution in [0.25, 0.3) is 0 Å². The van der Waals surface area contributed by atoms with E-state index in [2.05, 4.69) is 65.7 Å². The summed E-state index contributed by atoms with van der Waals surface area (Å²) < 4.78 is 20.1. The first kappa shape index (κ1) is 30.6. The summed E-state index contributed by atoms with van der Waals surface area (Å²) in [5.41, 5.74) is -0.758. The van der Waals surface area contributed by atoms with Gasteiger partial charge in [-0.3, -0.25) is 0 Å². The number of nitrogens with zero attached hydrogens (tertiary/aromatic N) is 1. The van der Waals surface area contributed by atoms with Gasteiger partial charge >= 0.3 is 219 Å². The van der Waals surface area contributed by atoms with E-state index in [1.165, 1.54) is 61.5 Å². The first-order chi connectivity index (χ1) is 16.4. The predicted octanol–water partition coefficient (Wildman–Crippen LogP) is 6.77. The normalized spacial score (nSPS) is 19.3. The fourth-order valence-corrected chi connectivity index (χ4v) is 22.8. The Bertz CT molecular complexity index is 926. The molecule has 200 valence electrons. The molecule has 1 N–H and O–H groups in total. The van der Waals surface area contributed by atoms with Gasteiger partial charge in [0.25, 0.3) is 0 Å². The number of aromatic nitrogens is 2. The zero-order valence-electron chi connectivity index (χ0n) is 23.5. The average molecular weight is 614 g/mol. The van der Waals surface area contributed by atoms with E-state index in [1.54, 1.807) is 10.8 Å². The molecule has 1 aliphatic rings. The molecule has 0 spiro atoms. The minimum absolute atomic E-state index is 0.125. The minimum atomic E-state index is -2.89. The Balaban J connectivity index is 2.54. The van der Waals surface area contributed by atoms with E-state index >= 15 is 0 Å². The van der Waals surface area contributed by atoms with Crippen molar-refractivity contribution in [3.8, 4) is 0 Å². The van der Waals surface area contributed by atoms with Crippen molar-refractivity contribution in [2.75, 3.05) is 6.61 Å². The Morgan fingerprint density at radius 3 is 2.03 bits per heavy atom. The van der Waals surface area contributed by atoms with Crippen LogP contribution in [0.3, 0.4) is 0 Å². The third kappa shape index (κ3) is 7.92. The number of unbranched alkanes of at least 4 members (excludes halogenated alkanes) is 3. The van der Waals surface area contributed by atoms with Crippen molar-refractivity contribution >= 4 is 26.7 Å². The number of hydrogen-bond acceptors (Lipinski definition) is 4. The zero-order chi connectivity index (χ0) is 26.3. The molecule has 1 aliphatic heterocycles. The molecule has 0 unspecified atom stereocenters. The first-order valence-electron chi connectivity index (χ1n) is 13.7. The SMILES string of the molecule is CCC[CH2][Sn]([CH2]CCC)([CH2]CCC)[C]1=C[C@@H](CO[Si](C)(C)C(C)(C)C)O[C@H]1n1ccc(=O)[nH]c1=O. The van der Waals surface area contributed by atoms with E-state index in [1.807, 2.05) is 0 Å². The van der Waals surface area contributed by atoms with E-state index in [4.69, 9.17) is 9.16 Å². The average Bonchev–Trinajstić information content (AvgIpc) is 3.21. The number of rotatable bonds is 14. The van der Waals surface area contributed by atoms with Crippen molar-refractivity contribution in [3.63, 3.8) is 0 Å². The standard InChI is InChI=1S/C15H23N2O4Si.3C4H9.Sn/c1-15(2,3)22(4,5)20-10-11-6-7-13(21-11)17-9-8-12(18)16-14(17)19;3*1-3-4-2;/h6,8-9,11,13H,10H2,1-5H3,(H,16,18,19);3*1,3-4H2,2H3;/t11-,13+;;;;/m0..../s1. The van der Waals surface area contributed by atoms with Crippen molar-refractivity contribution < 1.29 is 9.16 Å². The zero-order valence-corrected chi connectivity index (χ0v) is 27.4. The molecular weight excluding hydrogens is 563 g/mol. The quantitative estimate of drug-likeness (QED) is 0.235. The molecule has 0 bridgehead atoms. The van der Waals surface area contributed by atoms with Crippen LogP contribution < -0.4 is 11.2 Å². The molecule has 1 aromatic rings. The molecule has 0 amide bonds. The van der Waals surface area contributed by atoms with Gasteiger partial charge < -0.3 is 0 Å². The number of ether oxygens (including phenoxy) is 1. The van der Waals surface area contributed by atoms with Gasteiger partial charge in [0, 0.05) is 0 Å². The van der Waals surface area contributed by atoms with E-state index < -0.39 is 32.9 Å². The fraction of sp³-hybridized carbons (Fsp3) is 0.778. The van der Waals surface area contributed by atoms with Crippen molar-refractivity contribution in [2.45, 2.75) is 124 Å². The Morgan fingerprint density at radius 1 is 1.03 bits per heavy atom. The molecule has 0 aliphatic carbocycles. The summed E-state index contributed by atoms with van der Waals surface area (Å²) in [5.74, 6) is 0. The molecule has 2 atom stereocenters. The summed E-state index contributed by atoms with van der Waals surface area (Å²) in [7, 11) is -1.93. The van der Waals surface area contributed by atoms with Gasteiger partial charge in [-0.25, -0.2) is 0 Å². The van der Waals surface area contributed by atoms with Gasteiger partial charge in [0.2, 0.25) is 0 Å². The molecule has 0 saturated heterocycles. The maximum absolute atomic E-state index is 12.9. The van der Waals surface area contributed by atoms with Crippen LogP contribution in [0.1, 0.15) is 86.3 Å². The summed E-state index contributed by atoms with van der Waals surface area (Å²) in [6.07, 6.45) is 10.7. The van der Waals surface area contributed by atoms with Crippen molar-refractivity contribution in [1.29, 1.82) is 0 Å². The second-order valence-electron chi connectivity index (χ2n) is 11.8. The molecule has 0 fully saturated rings. The Morgan fingerprint density at radius 2 is 1.57 bits per heavy atom. The van der Waals surface area contributed by atoms with Crippen LogP contribution in [0.5, 0.6) is 0 Å². The molecule has 35 heavy (non-hydrogen) atoms. The third-order valence-electron chi connectivity index (χ3n) is 8.09. The molecule has 2 heterocycles. The summed E-state index contributed by atoms with van der Waals surface area (Å²) in [5, 5.41) is 0.125. The van der Waals surface area contributed by atoms with Gasteiger partial charge in [-0.2, -0.15) is 0 Å². The summed E-state index contributed by atoms with van der Waals surface area (Å²) in [4.78, 5) is 27.2. The molecule has 6 nitrogen and oxygen atoms in total. The predicted molar refractivity (Wildman–Crippen MR) is 151 cm³/mol. The van der Waals surface area contributed by atoms with Crippen LogP contribution in [-0.4, -0.2) is 49.0 Å². The second kappa shape index (κ2) is 13.2. The molecule has 0 saturated carbocycles. The Kier molecular flexibility index (Phi) is 11.6. The van der Waals surface area contributed by atoms with E-state index in [-0.39, 0.29) is 22.4 Å². The Labute approximate surface area is 217 Å². The number of H-pyrrole nitrogens is 1. The molecule has 0 radical (unpaired) electrons. The molecule has 0 aromatic carbocycles. The van der Waals surface area contributed by atoms with E-state index in [9.17, 15) is 9.59 Å². The summed E-state index contributed by atoms with van der Waals surface area (Å²) in [6, 6.07) is 1.43. The van der Waals surface area contributed by atoms with Gasteiger partial charge in [0.05, 0.1) is 0 Å². The van der Waals surface area contributed by atoms with Crippen LogP contribution in [0, 0.1) is 0 Å². The van der Waals surface area contributed by atoms with Gasteiger partial charge in [-0.15, -0.1) is 0 Å². The molecule has 2 rings (SSSR count). The van der Waals surface area contributed by atoms with Crippen LogP contribution in [-0.2, 0) is 9.16 Å². The monoisotopic (exact) mass is 614 g/mol. The molecular formula is C27H50N2O4SiSn. The van der Waals surface area contributed by atoms with Gasteiger partial charge in [-0.05, 0) is 0 Å². The van der Waals surface area contributed by atoms with Gasteiger partial charge in [-0.1, -0.05) is 0 Å². The van der Waals surface area contributed by atoms with Gasteiger partial charge in [0.15, 0.2) is 0 Å². The van der Waals surface area contributed by atoms with Crippen molar-refractivity contribution in [3.05, 3.63) is 42.8 Å². The van der Waals surface area contributed by atoms with Crippen LogP contribution >= 0.6 is 0 Å². The van der Waals surface area contributed by atoms with Crippen molar-refractivity contribution in [1.82, 2.24) is 9.55 Å². The maximum atomic E-state index is 12.9. The summed E-state index contributed by atoms with van der Waals surface area (Å²) >= 11 is -2.89. The second-order valence-corrected chi connectivity index (χ2v) is 29.9. The summed E-state index contributed by atoms with van der Waals surface area (Å²) in [6.45, 7) is 18.6. The number of nitrogens with one attached hydrogen (secondary N) is 1. The topological polar surface area (TPSA) is 73.3 Å². The van der Waals surface area contributed by atoms with Gasteiger partial charge in [0.1, 0.15) is 0 Å². The number of aromatic amines is 1. The van der Waals surface area contributed by atoms with Crippen LogP contribution in [0.4, 0.5) is 0 Å². The van der Waals surface area contributed by atoms with E-state index in [0.29, 0.717) is 6.61 Å². The molecule has 1 aromatic heterocycles. The van der Waals surface area contributed by atoms with Crippen LogP contribution in [0.15, 0.2) is 31.5 Å². The fourth-order valence-electron chi connectivity index (χ4n) is 4.77. The molecule has 8 heteroatoms. The Hall–Kier alpha value is -0.644. The number of hydrogen-bond donors (Lipinski definition) is 1. The third-order valence-corrected chi connectivity index (χ3v) is 28.5. The van der Waals surface area contributed by atoms with Crippen LogP contribution in [0.2, 0.25) is 31.4 Å². The van der Waals surface area contributed by atoms with E-state index in [0.717, 1.165) is 0 Å². The first-order valence-corrected chi connectivity index (χ1v) is 24.1. The van der Waals surface area contributed by atoms with Crippen molar-refractivity contribution in [2.24, 2.45) is 0 Å².